The van der Waals surface area contributed by atoms with Crippen molar-refractivity contribution >= 4 is 126 Å². The van der Waals surface area contributed by atoms with Crippen LogP contribution in [0.5, 0.6) is 0 Å². The summed E-state index contributed by atoms with van der Waals surface area (Å²) >= 11 is 33.1. The fourth-order valence-corrected chi connectivity index (χ4v) is 7.07. The van der Waals surface area contributed by atoms with Gasteiger partial charge in [0.15, 0.2) is 0 Å². The zero-order chi connectivity index (χ0) is 35.1. The van der Waals surface area contributed by atoms with Crippen LogP contribution in [0.2, 0.25) is 20.1 Å². The highest BCUT2D eigenvalue weighted by Crippen LogP contribution is 2.29. The second-order valence-corrected chi connectivity index (χ2v) is 14.6. The molecule has 0 spiro atoms. The zero-order valence-electron chi connectivity index (χ0n) is 25.5. The van der Waals surface area contributed by atoms with Crippen LogP contribution in [0, 0.1) is 7.14 Å². The molecule has 1 N–H and O–H groups in total. The van der Waals surface area contributed by atoms with Gasteiger partial charge in [-0.3, -0.25) is 19.2 Å². The predicted octanol–water partition coefficient (Wildman–Crippen LogP) is 7.29. The van der Waals surface area contributed by atoms with E-state index in [1.807, 2.05) is 29.2 Å². The molecular weight excluding hydrogens is 935 g/mol. The zero-order valence-corrected chi connectivity index (χ0v) is 33.6. The molecule has 2 aromatic carbocycles. The SMILES string of the molecule is C=CC(=O)Cl.C=CC(=O)N1CCN(C(=O)CCc2cc(Cl)c(Cl)cc2I)CC1.O=C(CCc1cc(Cl)c(Cl)cc1I)N1CCNCC1. The maximum Gasteiger partial charge on any atom is 0.246 e. The van der Waals surface area contributed by atoms with Gasteiger partial charge in [-0.2, -0.15) is 0 Å². The van der Waals surface area contributed by atoms with Gasteiger partial charge < -0.3 is 20.0 Å². The van der Waals surface area contributed by atoms with Crippen LogP contribution in [0.15, 0.2) is 49.6 Å². The molecule has 0 radical (unpaired) electrons. The van der Waals surface area contributed by atoms with E-state index in [4.69, 9.17) is 58.0 Å². The summed E-state index contributed by atoms with van der Waals surface area (Å²) in [6.07, 6.45) is 4.63. The minimum atomic E-state index is -0.509. The molecule has 4 rings (SSSR count). The molecular formula is C32H35Cl5I2N4O4. The first-order chi connectivity index (χ1) is 22.3. The number of hydrogen-bond donors (Lipinski definition) is 1. The summed E-state index contributed by atoms with van der Waals surface area (Å²) < 4.78 is 2.06. The monoisotopic (exact) mass is 968 g/mol. The lowest BCUT2D eigenvalue weighted by Gasteiger charge is -2.34. The average molecular weight is 971 g/mol. The highest BCUT2D eigenvalue weighted by Gasteiger charge is 2.23. The number of carbonyl (C=O) groups excluding carboxylic acids is 4. The van der Waals surface area contributed by atoms with Crippen molar-refractivity contribution in [3.63, 3.8) is 0 Å². The van der Waals surface area contributed by atoms with Crippen molar-refractivity contribution < 1.29 is 19.2 Å². The van der Waals surface area contributed by atoms with Crippen molar-refractivity contribution in [2.75, 3.05) is 52.4 Å². The van der Waals surface area contributed by atoms with Gasteiger partial charge in [0.1, 0.15) is 0 Å². The Morgan fingerprint density at radius 3 is 1.40 bits per heavy atom. The molecule has 2 heterocycles. The first-order valence-corrected chi connectivity index (χ1v) is 18.6. The van der Waals surface area contributed by atoms with E-state index in [-0.39, 0.29) is 17.7 Å². The molecule has 2 aliphatic rings. The molecule has 2 aromatic rings. The molecule has 3 amide bonds. The van der Waals surface area contributed by atoms with Crippen molar-refractivity contribution in [2.24, 2.45) is 0 Å². The van der Waals surface area contributed by atoms with E-state index in [1.165, 1.54) is 6.08 Å². The minimum Gasteiger partial charge on any atom is -0.340 e. The topological polar surface area (TPSA) is 90.0 Å². The second kappa shape index (κ2) is 21.8. The van der Waals surface area contributed by atoms with Gasteiger partial charge in [-0.25, -0.2) is 0 Å². The van der Waals surface area contributed by atoms with Gasteiger partial charge in [0.05, 0.1) is 20.1 Å². The summed E-state index contributed by atoms with van der Waals surface area (Å²) in [5.74, 6) is 0.225. The molecule has 2 saturated heterocycles. The Bertz CT molecular complexity index is 1450. The number of rotatable bonds is 8. The normalized spacial score (nSPS) is 14.2. The number of piperazine rings is 2. The molecule has 0 aliphatic carbocycles. The molecule has 15 heteroatoms. The van der Waals surface area contributed by atoms with Crippen molar-refractivity contribution in [3.8, 4) is 0 Å². The van der Waals surface area contributed by atoms with E-state index in [2.05, 4.69) is 63.7 Å². The third-order valence-electron chi connectivity index (χ3n) is 7.14. The van der Waals surface area contributed by atoms with Crippen LogP contribution in [0.25, 0.3) is 0 Å². The van der Waals surface area contributed by atoms with Gasteiger partial charge in [0.25, 0.3) is 0 Å². The molecule has 0 saturated carbocycles. The molecule has 0 aromatic heterocycles. The number of benzene rings is 2. The Balaban J connectivity index is 0.000000290. The van der Waals surface area contributed by atoms with E-state index in [1.54, 1.807) is 9.80 Å². The Kier molecular flexibility index (Phi) is 19.5. The van der Waals surface area contributed by atoms with E-state index in [0.717, 1.165) is 50.5 Å². The van der Waals surface area contributed by atoms with Crippen molar-refractivity contribution in [3.05, 3.63) is 87.9 Å². The number of nitrogens with one attached hydrogen (secondary N) is 1. The third-order valence-corrected chi connectivity index (χ3v) is 10.8. The molecule has 256 valence electrons. The minimum absolute atomic E-state index is 0.0811. The van der Waals surface area contributed by atoms with Gasteiger partial charge in [-0.05, 0) is 117 Å². The van der Waals surface area contributed by atoms with Gasteiger partial charge in [0, 0.05) is 72.3 Å². The van der Waals surface area contributed by atoms with Crippen LogP contribution in [0.3, 0.4) is 0 Å². The third kappa shape index (κ3) is 14.7. The molecule has 8 nitrogen and oxygen atoms in total. The highest BCUT2D eigenvalue weighted by molar-refractivity contribution is 14.1. The fraction of sp³-hybridized carbons (Fsp3) is 0.375. The Morgan fingerprint density at radius 2 is 1.02 bits per heavy atom. The largest absolute Gasteiger partial charge is 0.340 e. The van der Waals surface area contributed by atoms with Gasteiger partial charge in [-0.15, -0.1) is 0 Å². The van der Waals surface area contributed by atoms with E-state index >= 15 is 0 Å². The quantitative estimate of drug-likeness (QED) is 0.130. The van der Waals surface area contributed by atoms with Gasteiger partial charge in [0.2, 0.25) is 23.0 Å². The maximum absolute atomic E-state index is 12.3. The highest BCUT2D eigenvalue weighted by atomic mass is 127. The van der Waals surface area contributed by atoms with Crippen molar-refractivity contribution in [1.29, 1.82) is 0 Å². The number of aryl methyl sites for hydroxylation is 2. The molecule has 0 unspecified atom stereocenters. The van der Waals surface area contributed by atoms with Crippen LogP contribution in [-0.4, -0.2) is 90.0 Å². The first-order valence-electron chi connectivity index (χ1n) is 14.5. The molecule has 0 bridgehead atoms. The van der Waals surface area contributed by atoms with Crippen LogP contribution in [0.4, 0.5) is 0 Å². The Morgan fingerprint density at radius 1 is 0.660 bits per heavy atom. The summed E-state index contributed by atoms with van der Waals surface area (Å²) in [5, 5.41) is 4.86. The van der Waals surface area contributed by atoms with Crippen LogP contribution in [-0.2, 0) is 32.0 Å². The number of allylic oxidation sites excluding steroid dienone is 1. The van der Waals surface area contributed by atoms with E-state index in [0.29, 0.717) is 72.0 Å². The van der Waals surface area contributed by atoms with Crippen molar-refractivity contribution in [2.45, 2.75) is 25.7 Å². The number of hydrogen-bond acceptors (Lipinski definition) is 5. The molecule has 0 atom stereocenters. The van der Waals surface area contributed by atoms with E-state index in [9.17, 15) is 19.2 Å². The lowest BCUT2D eigenvalue weighted by molar-refractivity contribution is -0.137. The first kappa shape index (κ1) is 42.0. The summed E-state index contributed by atoms with van der Waals surface area (Å²) in [7, 11) is 0. The Hall–Kier alpha value is -1.13. The maximum atomic E-state index is 12.3. The summed E-state index contributed by atoms with van der Waals surface area (Å²) in [5.41, 5.74) is 2.10. The van der Waals surface area contributed by atoms with E-state index < -0.39 is 5.24 Å². The number of amides is 3. The lowest BCUT2D eigenvalue weighted by atomic mass is 10.1. The average Bonchev–Trinajstić information content (AvgIpc) is 3.07. The predicted molar refractivity (Wildman–Crippen MR) is 209 cm³/mol. The van der Waals surface area contributed by atoms with Crippen LogP contribution in [0.1, 0.15) is 24.0 Å². The standard InChI is InChI=1S/C16H17Cl2IN2O2.C13H15Cl2IN2O.C3H3ClO/c1-2-15(22)20-5-7-21(8-6-20)16(23)4-3-11-9-12(17)13(18)10-14(11)19;14-10-7-9(12(16)8-11(10)15)1-2-13(19)18-5-3-17-4-6-18;1-2-3(4)5/h2,9-10H,1,3-8H2;7-8,17H,1-6H2;2H,1H2. The van der Waals surface area contributed by atoms with Crippen LogP contribution >= 0.6 is 103 Å². The lowest BCUT2D eigenvalue weighted by Crippen LogP contribution is -2.50. The van der Waals surface area contributed by atoms with Crippen LogP contribution < -0.4 is 5.32 Å². The van der Waals surface area contributed by atoms with Gasteiger partial charge in [-0.1, -0.05) is 59.6 Å². The van der Waals surface area contributed by atoms with Crippen molar-refractivity contribution in [1.82, 2.24) is 20.0 Å². The fourth-order valence-electron chi connectivity index (χ4n) is 4.53. The molecule has 47 heavy (non-hydrogen) atoms. The number of halogens is 7. The Labute approximate surface area is 328 Å². The smallest absolute Gasteiger partial charge is 0.246 e. The molecule has 2 aliphatic heterocycles. The number of nitrogens with zero attached hydrogens (tertiary/aromatic N) is 3. The summed E-state index contributed by atoms with van der Waals surface area (Å²) in [4.78, 5) is 50.8. The summed E-state index contributed by atoms with van der Waals surface area (Å²) in [6, 6.07) is 7.33. The number of carbonyl (C=O) groups is 4. The summed E-state index contributed by atoms with van der Waals surface area (Å²) in [6.45, 7) is 12.2. The molecule has 2 fully saturated rings. The van der Waals surface area contributed by atoms with Gasteiger partial charge >= 0.3 is 0 Å². The second-order valence-electron chi connectivity index (χ2n) is 10.3.